The fraction of sp³-hybridized carbons (Fsp3) is 0. The minimum atomic E-state index is -4.25. The van der Waals surface area contributed by atoms with E-state index in [-0.39, 0.29) is 21.3 Å². The molecule has 100 valence electrons. The number of halogens is 3. The summed E-state index contributed by atoms with van der Waals surface area (Å²) >= 11 is 11.4. The van der Waals surface area contributed by atoms with Crippen LogP contribution in [0.25, 0.3) is 10.9 Å². The quantitative estimate of drug-likeness (QED) is 0.512. The largest absolute Gasteiger partial charge is 0.478 e. The van der Waals surface area contributed by atoms with Crippen molar-refractivity contribution < 1.29 is 18.3 Å². The third kappa shape index (κ3) is 2.59. The molecule has 0 radical (unpaired) electrons. The van der Waals surface area contributed by atoms with E-state index in [0.717, 1.165) is 6.07 Å². The summed E-state index contributed by atoms with van der Waals surface area (Å²) in [5.41, 5.74) is -0.486. The van der Waals surface area contributed by atoms with E-state index >= 15 is 0 Å². The second-order valence-corrected chi connectivity index (χ2v) is 6.59. The highest BCUT2D eigenvalue weighted by Crippen LogP contribution is 2.31. The Labute approximate surface area is 121 Å². The van der Waals surface area contributed by atoms with Crippen LogP contribution in [0.1, 0.15) is 10.4 Å². The molecule has 1 aromatic carbocycles. The van der Waals surface area contributed by atoms with E-state index in [1.807, 2.05) is 0 Å². The lowest BCUT2D eigenvalue weighted by Crippen LogP contribution is -2.07. The molecule has 2 aromatic rings. The van der Waals surface area contributed by atoms with E-state index in [1.165, 1.54) is 6.07 Å². The molecule has 0 aliphatic heterocycles. The number of nitrogens with zero attached hydrogens (tertiary/aromatic N) is 2. The number of carboxylic acid groups (broad SMARTS) is 1. The Morgan fingerprint density at radius 3 is 2.37 bits per heavy atom. The van der Waals surface area contributed by atoms with E-state index in [1.54, 1.807) is 0 Å². The molecule has 0 aliphatic rings. The summed E-state index contributed by atoms with van der Waals surface area (Å²) in [5.74, 6) is -1.52. The second-order valence-electron chi connectivity index (χ2n) is 3.36. The summed E-state index contributed by atoms with van der Waals surface area (Å²) in [6.07, 6.45) is 0. The summed E-state index contributed by atoms with van der Waals surface area (Å²) < 4.78 is 22.7. The number of carboxylic acids is 1. The minimum absolute atomic E-state index is 0.103. The van der Waals surface area contributed by atoms with Crippen LogP contribution in [-0.2, 0) is 9.05 Å². The van der Waals surface area contributed by atoms with Crippen molar-refractivity contribution in [2.75, 3.05) is 0 Å². The SMILES string of the molecule is O=C(O)c1c(S(=O)(=O)Cl)ccc2nc(Cl)nc(Cl)c12. The van der Waals surface area contributed by atoms with Gasteiger partial charge < -0.3 is 5.11 Å². The lowest BCUT2D eigenvalue weighted by atomic mass is 10.1. The first-order valence-corrected chi connectivity index (χ1v) is 7.62. The highest BCUT2D eigenvalue weighted by molar-refractivity contribution is 8.13. The third-order valence-corrected chi connectivity index (χ3v) is 4.04. The van der Waals surface area contributed by atoms with Crippen molar-refractivity contribution in [3.8, 4) is 0 Å². The van der Waals surface area contributed by atoms with Crippen LogP contribution in [-0.4, -0.2) is 29.5 Å². The van der Waals surface area contributed by atoms with Crippen molar-refractivity contribution in [2.45, 2.75) is 4.90 Å². The van der Waals surface area contributed by atoms with E-state index in [4.69, 9.17) is 39.0 Å². The normalized spacial score (nSPS) is 11.7. The Balaban J connectivity index is 3.06. The van der Waals surface area contributed by atoms with Gasteiger partial charge in [0.25, 0.3) is 9.05 Å². The van der Waals surface area contributed by atoms with Gasteiger partial charge in [-0.1, -0.05) is 11.6 Å². The zero-order valence-corrected chi connectivity index (χ0v) is 11.8. The fourth-order valence-electron chi connectivity index (χ4n) is 1.55. The van der Waals surface area contributed by atoms with Crippen LogP contribution >= 0.6 is 33.9 Å². The first kappa shape index (κ1) is 14.3. The van der Waals surface area contributed by atoms with E-state index in [0.29, 0.717) is 0 Å². The van der Waals surface area contributed by atoms with Crippen LogP contribution < -0.4 is 0 Å². The van der Waals surface area contributed by atoms with Crippen LogP contribution in [0.5, 0.6) is 0 Å². The van der Waals surface area contributed by atoms with Crippen molar-refractivity contribution in [1.82, 2.24) is 9.97 Å². The molecule has 0 saturated heterocycles. The molecular weight excluding hydrogens is 339 g/mol. The Kier molecular flexibility index (Phi) is 3.57. The summed E-state index contributed by atoms with van der Waals surface area (Å²) in [4.78, 5) is 18.0. The van der Waals surface area contributed by atoms with Crippen LogP contribution in [0.3, 0.4) is 0 Å². The van der Waals surface area contributed by atoms with Crippen molar-refractivity contribution in [2.24, 2.45) is 0 Å². The number of hydrogen-bond acceptors (Lipinski definition) is 5. The monoisotopic (exact) mass is 340 g/mol. The summed E-state index contributed by atoms with van der Waals surface area (Å²) in [6.45, 7) is 0. The maximum atomic E-state index is 11.4. The lowest BCUT2D eigenvalue weighted by Gasteiger charge is -2.07. The van der Waals surface area contributed by atoms with Crippen molar-refractivity contribution in [3.05, 3.63) is 28.1 Å². The average molecular weight is 342 g/mol. The summed E-state index contributed by atoms with van der Waals surface area (Å²) in [6, 6.07) is 2.27. The van der Waals surface area contributed by atoms with E-state index in [2.05, 4.69) is 9.97 Å². The van der Waals surface area contributed by atoms with Gasteiger partial charge in [-0.05, 0) is 23.7 Å². The van der Waals surface area contributed by atoms with Gasteiger partial charge in [0.2, 0.25) is 5.28 Å². The number of fused-ring (bicyclic) bond motifs is 1. The smallest absolute Gasteiger partial charge is 0.337 e. The van der Waals surface area contributed by atoms with Crippen molar-refractivity contribution in [3.63, 3.8) is 0 Å². The van der Waals surface area contributed by atoms with Gasteiger partial charge in [0.1, 0.15) is 5.15 Å². The molecule has 2 rings (SSSR count). The molecule has 0 fully saturated rings. The molecule has 0 atom stereocenters. The van der Waals surface area contributed by atoms with Crippen molar-refractivity contribution >= 4 is 59.8 Å². The molecule has 0 unspecified atom stereocenters. The number of aromatic nitrogens is 2. The Hall–Kier alpha value is -1.15. The molecule has 1 N–H and O–H groups in total. The topological polar surface area (TPSA) is 97.2 Å². The zero-order valence-electron chi connectivity index (χ0n) is 8.76. The van der Waals surface area contributed by atoms with Gasteiger partial charge in [-0.25, -0.2) is 23.2 Å². The number of aromatic carboxylic acids is 1. The van der Waals surface area contributed by atoms with Gasteiger partial charge in [0.05, 0.1) is 21.4 Å². The Morgan fingerprint density at radius 1 is 1.21 bits per heavy atom. The molecule has 0 bridgehead atoms. The summed E-state index contributed by atoms with van der Waals surface area (Å²) in [5, 5.41) is 8.56. The van der Waals surface area contributed by atoms with Crippen LogP contribution in [0, 0.1) is 0 Å². The third-order valence-electron chi connectivity index (χ3n) is 2.23. The maximum absolute atomic E-state index is 11.4. The first-order chi connectivity index (χ1) is 8.71. The minimum Gasteiger partial charge on any atom is -0.478 e. The zero-order chi connectivity index (χ0) is 14.4. The molecule has 6 nitrogen and oxygen atoms in total. The standard InChI is InChI=1S/C9H3Cl3N2O4S/c10-7-5-3(13-9(11)14-7)1-2-4(19(12,17)18)6(5)8(15)16/h1-2H,(H,15,16). The number of carbonyl (C=O) groups is 1. The van der Waals surface area contributed by atoms with Gasteiger partial charge in [0.15, 0.2) is 0 Å². The van der Waals surface area contributed by atoms with E-state index < -0.39 is 25.5 Å². The Bertz CT molecular complexity index is 807. The lowest BCUT2D eigenvalue weighted by molar-refractivity contribution is 0.0695. The summed E-state index contributed by atoms with van der Waals surface area (Å²) in [7, 11) is 0.938. The van der Waals surface area contributed by atoms with Gasteiger partial charge in [-0.2, -0.15) is 0 Å². The van der Waals surface area contributed by atoms with Crippen LogP contribution in [0.15, 0.2) is 17.0 Å². The first-order valence-electron chi connectivity index (χ1n) is 4.55. The highest BCUT2D eigenvalue weighted by Gasteiger charge is 2.25. The predicted molar refractivity (Wildman–Crippen MR) is 69.6 cm³/mol. The molecule has 1 heterocycles. The van der Waals surface area contributed by atoms with Gasteiger partial charge in [-0.3, -0.25) is 0 Å². The number of hydrogen-bond donors (Lipinski definition) is 1. The molecular formula is C9H3Cl3N2O4S. The molecule has 10 heteroatoms. The molecule has 0 spiro atoms. The van der Waals surface area contributed by atoms with Gasteiger partial charge in [-0.15, -0.1) is 0 Å². The predicted octanol–water partition coefficient (Wildman–Crippen LogP) is 2.56. The molecule has 0 aliphatic carbocycles. The highest BCUT2D eigenvalue weighted by atomic mass is 35.7. The van der Waals surface area contributed by atoms with Crippen molar-refractivity contribution in [1.29, 1.82) is 0 Å². The average Bonchev–Trinajstić information content (AvgIpc) is 2.25. The van der Waals surface area contributed by atoms with Gasteiger partial charge in [0, 0.05) is 10.7 Å². The number of rotatable bonds is 2. The Morgan fingerprint density at radius 2 is 1.84 bits per heavy atom. The molecule has 0 saturated carbocycles. The molecule has 0 amide bonds. The number of benzene rings is 1. The van der Waals surface area contributed by atoms with Crippen LogP contribution in [0.4, 0.5) is 0 Å². The van der Waals surface area contributed by atoms with Crippen LogP contribution in [0.2, 0.25) is 10.4 Å². The van der Waals surface area contributed by atoms with E-state index in [9.17, 15) is 13.2 Å². The second kappa shape index (κ2) is 4.75. The molecule has 1 aromatic heterocycles. The van der Waals surface area contributed by atoms with Gasteiger partial charge >= 0.3 is 5.97 Å². The molecule has 19 heavy (non-hydrogen) atoms. The maximum Gasteiger partial charge on any atom is 0.337 e. The fourth-order valence-corrected chi connectivity index (χ4v) is 3.09.